The van der Waals surface area contributed by atoms with Crippen LogP contribution in [0.4, 0.5) is 5.69 Å². The summed E-state index contributed by atoms with van der Waals surface area (Å²) in [6, 6.07) is 7.35. The lowest BCUT2D eigenvalue weighted by atomic mass is 9.93. The quantitative estimate of drug-likeness (QED) is 0.657. The summed E-state index contributed by atoms with van der Waals surface area (Å²) in [4.78, 5) is 19.2. The Hall–Kier alpha value is -1.76. The standard InChI is InChI=1S/C21H24ClN3O2S/c1-4-28-24-8-7-16(13-24)27-17-10-15(11-23-12-17)25-20(26)18-6-5-14(22)9-19(18)21(25,2)3/h5-6,9-12,16H,4,7-8,13H2,1-3H3. The van der Waals surface area contributed by atoms with Gasteiger partial charge in [0.2, 0.25) is 0 Å². The van der Waals surface area contributed by atoms with Gasteiger partial charge in [0, 0.05) is 35.5 Å². The molecule has 1 amide bonds. The molecule has 1 aromatic heterocycles. The zero-order valence-electron chi connectivity index (χ0n) is 16.3. The molecule has 2 aliphatic rings. The number of halogens is 1. The Morgan fingerprint density at radius 3 is 2.93 bits per heavy atom. The second-order valence-electron chi connectivity index (χ2n) is 7.60. The fourth-order valence-corrected chi connectivity index (χ4v) is 5.07. The van der Waals surface area contributed by atoms with Gasteiger partial charge in [-0.25, -0.2) is 4.31 Å². The van der Waals surface area contributed by atoms with E-state index >= 15 is 0 Å². The summed E-state index contributed by atoms with van der Waals surface area (Å²) < 4.78 is 8.52. The third-order valence-corrected chi connectivity index (χ3v) is 6.50. The van der Waals surface area contributed by atoms with Crippen molar-refractivity contribution in [2.75, 3.05) is 23.7 Å². The molecule has 7 heteroatoms. The molecule has 28 heavy (non-hydrogen) atoms. The molecule has 0 aliphatic carbocycles. The number of aromatic nitrogens is 1. The number of benzene rings is 1. The van der Waals surface area contributed by atoms with E-state index in [1.165, 1.54) is 0 Å². The predicted octanol–water partition coefficient (Wildman–Crippen LogP) is 4.75. The molecule has 1 fully saturated rings. The van der Waals surface area contributed by atoms with Gasteiger partial charge in [-0.3, -0.25) is 14.7 Å². The first-order chi connectivity index (χ1) is 13.4. The van der Waals surface area contributed by atoms with E-state index in [4.69, 9.17) is 16.3 Å². The number of ether oxygens (including phenoxy) is 1. The number of rotatable bonds is 5. The molecule has 0 spiro atoms. The van der Waals surface area contributed by atoms with Gasteiger partial charge < -0.3 is 4.74 Å². The SMILES string of the molecule is CCSN1CCC(Oc2cncc(N3C(=O)c4ccc(Cl)cc4C3(C)C)c2)C1. The number of nitrogens with zero attached hydrogens (tertiary/aromatic N) is 3. The average Bonchev–Trinajstić information content (AvgIpc) is 3.16. The maximum atomic E-state index is 13.1. The van der Waals surface area contributed by atoms with Crippen LogP contribution in [0.1, 0.15) is 43.1 Å². The number of anilines is 1. The van der Waals surface area contributed by atoms with Crippen molar-refractivity contribution in [3.05, 3.63) is 52.8 Å². The van der Waals surface area contributed by atoms with Crippen molar-refractivity contribution in [1.82, 2.24) is 9.29 Å². The number of hydrogen-bond donors (Lipinski definition) is 0. The number of carbonyl (C=O) groups is 1. The average molecular weight is 418 g/mol. The van der Waals surface area contributed by atoms with Crippen molar-refractivity contribution >= 4 is 35.1 Å². The van der Waals surface area contributed by atoms with Crippen LogP contribution in [0.25, 0.3) is 0 Å². The second-order valence-corrected chi connectivity index (χ2v) is 9.39. The number of fused-ring (bicyclic) bond motifs is 1. The first-order valence-corrected chi connectivity index (χ1v) is 10.9. The largest absolute Gasteiger partial charge is 0.487 e. The van der Waals surface area contributed by atoms with Crippen LogP contribution in [0.2, 0.25) is 5.02 Å². The summed E-state index contributed by atoms with van der Waals surface area (Å²) in [5.74, 6) is 1.73. The summed E-state index contributed by atoms with van der Waals surface area (Å²) in [5, 5.41) is 0.632. The van der Waals surface area contributed by atoms with Crippen LogP contribution in [0.5, 0.6) is 5.75 Å². The number of carbonyl (C=O) groups excluding carboxylic acids is 1. The minimum Gasteiger partial charge on any atom is -0.487 e. The fourth-order valence-electron chi connectivity index (χ4n) is 4.02. The van der Waals surface area contributed by atoms with E-state index < -0.39 is 5.54 Å². The molecule has 5 nitrogen and oxygen atoms in total. The molecular weight excluding hydrogens is 394 g/mol. The van der Waals surface area contributed by atoms with Crippen LogP contribution in [0.15, 0.2) is 36.7 Å². The summed E-state index contributed by atoms with van der Waals surface area (Å²) in [6.07, 6.45) is 4.58. The monoisotopic (exact) mass is 417 g/mol. The minimum absolute atomic E-state index is 0.0398. The minimum atomic E-state index is -0.514. The van der Waals surface area contributed by atoms with E-state index in [-0.39, 0.29) is 12.0 Å². The van der Waals surface area contributed by atoms with Crippen molar-refractivity contribution in [1.29, 1.82) is 0 Å². The third-order valence-electron chi connectivity index (χ3n) is 5.31. The lowest BCUT2D eigenvalue weighted by molar-refractivity contribution is 0.0982. The van der Waals surface area contributed by atoms with Gasteiger partial charge in [-0.2, -0.15) is 0 Å². The van der Waals surface area contributed by atoms with Crippen LogP contribution < -0.4 is 9.64 Å². The smallest absolute Gasteiger partial charge is 0.259 e. The lowest BCUT2D eigenvalue weighted by Gasteiger charge is -2.32. The molecule has 148 valence electrons. The van der Waals surface area contributed by atoms with E-state index in [0.717, 1.165) is 36.5 Å². The molecule has 0 N–H and O–H groups in total. The number of hydrogen-bond acceptors (Lipinski definition) is 5. The van der Waals surface area contributed by atoms with Crippen LogP contribution in [-0.4, -0.2) is 40.1 Å². The molecule has 0 bridgehead atoms. The van der Waals surface area contributed by atoms with Gasteiger partial charge in [-0.15, -0.1) is 0 Å². The Labute approximate surface area is 175 Å². The third kappa shape index (κ3) is 3.49. The van der Waals surface area contributed by atoms with E-state index in [1.807, 2.05) is 37.9 Å². The number of pyridine rings is 1. The normalized spacial score (nSPS) is 21.2. The van der Waals surface area contributed by atoms with Crippen LogP contribution in [0, 0.1) is 0 Å². The molecular formula is C21H24ClN3O2S. The topological polar surface area (TPSA) is 45.7 Å². The van der Waals surface area contributed by atoms with E-state index in [9.17, 15) is 4.79 Å². The summed E-state index contributed by atoms with van der Waals surface area (Å²) in [7, 11) is 0. The van der Waals surface area contributed by atoms with Gasteiger partial charge in [0.05, 0.1) is 23.6 Å². The summed E-state index contributed by atoms with van der Waals surface area (Å²) >= 11 is 8.02. The van der Waals surface area contributed by atoms with E-state index in [0.29, 0.717) is 16.3 Å². The highest BCUT2D eigenvalue weighted by Gasteiger charge is 2.44. The Balaban J connectivity index is 1.57. The van der Waals surface area contributed by atoms with Gasteiger partial charge in [-0.1, -0.05) is 30.5 Å². The van der Waals surface area contributed by atoms with Crippen LogP contribution in [-0.2, 0) is 5.54 Å². The van der Waals surface area contributed by atoms with Gasteiger partial charge in [0.15, 0.2) is 0 Å². The van der Waals surface area contributed by atoms with Crippen molar-refractivity contribution < 1.29 is 9.53 Å². The van der Waals surface area contributed by atoms with Crippen LogP contribution >= 0.6 is 23.5 Å². The first-order valence-electron chi connectivity index (χ1n) is 9.54. The highest BCUT2D eigenvalue weighted by molar-refractivity contribution is 7.96. The van der Waals surface area contributed by atoms with Crippen LogP contribution in [0.3, 0.4) is 0 Å². The van der Waals surface area contributed by atoms with Crippen molar-refractivity contribution in [2.24, 2.45) is 0 Å². The molecule has 1 atom stereocenters. The Bertz CT molecular complexity index is 905. The van der Waals surface area contributed by atoms with Gasteiger partial charge in [0.1, 0.15) is 11.9 Å². The highest BCUT2D eigenvalue weighted by Crippen LogP contribution is 2.43. The highest BCUT2D eigenvalue weighted by atomic mass is 35.5. The van der Waals surface area contributed by atoms with Gasteiger partial charge in [-0.05, 0) is 44.0 Å². The van der Waals surface area contributed by atoms with Crippen molar-refractivity contribution in [3.63, 3.8) is 0 Å². The maximum Gasteiger partial charge on any atom is 0.259 e. The first kappa shape index (κ1) is 19.6. The second kappa shape index (κ2) is 7.58. The summed E-state index contributed by atoms with van der Waals surface area (Å²) in [5.41, 5.74) is 1.83. The molecule has 0 saturated carbocycles. The molecule has 3 heterocycles. The van der Waals surface area contributed by atoms with Gasteiger partial charge in [0.25, 0.3) is 5.91 Å². The molecule has 1 saturated heterocycles. The lowest BCUT2D eigenvalue weighted by Crippen LogP contribution is -2.39. The Morgan fingerprint density at radius 1 is 1.32 bits per heavy atom. The van der Waals surface area contributed by atoms with Crippen molar-refractivity contribution in [2.45, 2.75) is 38.8 Å². The van der Waals surface area contributed by atoms with Gasteiger partial charge >= 0.3 is 0 Å². The zero-order chi connectivity index (χ0) is 19.9. The Morgan fingerprint density at radius 2 is 2.14 bits per heavy atom. The zero-order valence-corrected chi connectivity index (χ0v) is 17.9. The fraction of sp³-hybridized carbons (Fsp3) is 0.429. The van der Waals surface area contributed by atoms with E-state index in [1.54, 1.807) is 29.4 Å². The molecule has 1 aromatic carbocycles. The van der Waals surface area contributed by atoms with Crippen molar-refractivity contribution in [3.8, 4) is 5.75 Å². The summed E-state index contributed by atoms with van der Waals surface area (Å²) in [6.45, 7) is 8.14. The maximum absolute atomic E-state index is 13.1. The number of amides is 1. The molecule has 2 aromatic rings. The Kier molecular flexibility index (Phi) is 5.29. The molecule has 1 unspecified atom stereocenters. The molecule has 0 radical (unpaired) electrons. The predicted molar refractivity (Wildman–Crippen MR) is 114 cm³/mol. The molecule has 4 rings (SSSR count). The molecule has 2 aliphatic heterocycles. The van der Waals surface area contributed by atoms with E-state index in [2.05, 4.69) is 16.2 Å².